The standard InChI is InChI=1S/C26H33N3O4/c1-31-14-2-3-18-4-6-19(7-5-18)8-12-24-23(29-16-22(27-28-29)20-9-10-20)15-26-25(33-24)13-11-21(17-30)32-26/h4-7,16,20-21,23-26,30H,8-15,17H2,1H3/t21-,23+,24-,25+,26+/m1/s1. The summed E-state index contributed by atoms with van der Waals surface area (Å²) in [7, 11) is 1.65. The Morgan fingerprint density at radius 1 is 1.12 bits per heavy atom. The molecule has 33 heavy (non-hydrogen) atoms. The predicted octanol–water partition coefficient (Wildman–Crippen LogP) is 3.02. The lowest BCUT2D eigenvalue weighted by Gasteiger charge is -2.45. The molecule has 1 aromatic heterocycles. The molecule has 3 heterocycles. The van der Waals surface area contributed by atoms with Gasteiger partial charge in [0.25, 0.3) is 0 Å². The number of ether oxygens (including phenoxy) is 3. The highest BCUT2D eigenvalue weighted by Crippen LogP contribution is 2.41. The van der Waals surface area contributed by atoms with E-state index in [0.717, 1.165) is 43.4 Å². The van der Waals surface area contributed by atoms with Gasteiger partial charge in [0.05, 0.1) is 42.8 Å². The smallest absolute Gasteiger partial charge is 0.107 e. The van der Waals surface area contributed by atoms with E-state index in [0.29, 0.717) is 12.5 Å². The van der Waals surface area contributed by atoms with Gasteiger partial charge in [-0.2, -0.15) is 0 Å². The van der Waals surface area contributed by atoms with Gasteiger partial charge >= 0.3 is 0 Å². The summed E-state index contributed by atoms with van der Waals surface area (Å²) in [5.41, 5.74) is 3.37. The molecular formula is C26H33N3O4. The SMILES string of the molecule is COCC#Cc1ccc(CC[C@H]2O[C@H]3CC[C@H](CO)O[C@H]3C[C@@H]2n2cc(C3CC3)nn2)cc1. The Labute approximate surface area is 195 Å². The van der Waals surface area contributed by atoms with E-state index >= 15 is 0 Å². The summed E-state index contributed by atoms with van der Waals surface area (Å²) in [6, 6.07) is 8.51. The molecular weight excluding hydrogens is 418 g/mol. The molecule has 5 atom stereocenters. The van der Waals surface area contributed by atoms with Crippen LogP contribution in [0.25, 0.3) is 0 Å². The molecule has 3 fully saturated rings. The first kappa shape index (κ1) is 22.5. The topological polar surface area (TPSA) is 78.6 Å². The van der Waals surface area contributed by atoms with Crippen molar-refractivity contribution in [2.24, 2.45) is 0 Å². The highest BCUT2D eigenvalue weighted by Gasteiger charge is 2.43. The first-order valence-electron chi connectivity index (χ1n) is 12.1. The van der Waals surface area contributed by atoms with Gasteiger partial charge in [-0.3, -0.25) is 0 Å². The highest BCUT2D eigenvalue weighted by molar-refractivity contribution is 5.36. The Morgan fingerprint density at radius 3 is 2.73 bits per heavy atom. The highest BCUT2D eigenvalue weighted by atomic mass is 16.6. The van der Waals surface area contributed by atoms with Crippen molar-refractivity contribution >= 4 is 0 Å². The molecule has 0 radical (unpaired) electrons. The Bertz CT molecular complexity index is 975. The molecule has 7 heteroatoms. The molecule has 1 saturated carbocycles. The van der Waals surface area contributed by atoms with E-state index in [9.17, 15) is 5.11 Å². The zero-order chi connectivity index (χ0) is 22.6. The first-order valence-corrected chi connectivity index (χ1v) is 12.1. The van der Waals surface area contributed by atoms with Crippen molar-refractivity contribution < 1.29 is 19.3 Å². The number of benzene rings is 1. The molecule has 0 amide bonds. The van der Waals surface area contributed by atoms with Crippen molar-refractivity contribution in [3.63, 3.8) is 0 Å². The summed E-state index contributed by atoms with van der Waals surface area (Å²) in [6.45, 7) is 0.510. The fourth-order valence-corrected chi connectivity index (χ4v) is 4.97. The van der Waals surface area contributed by atoms with Crippen LogP contribution in [0, 0.1) is 11.8 Å². The van der Waals surface area contributed by atoms with Crippen molar-refractivity contribution in [1.82, 2.24) is 15.0 Å². The fourth-order valence-electron chi connectivity index (χ4n) is 4.97. The second kappa shape index (κ2) is 10.4. The molecule has 0 bridgehead atoms. The van der Waals surface area contributed by atoms with Crippen LogP contribution in [0.3, 0.4) is 0 Å². The Balaban J connectivity index is 1.28. The maximum absolute atomic E-state index is 9.57. The quantitative estimate of drug-likeness (QED) is 0.652. The normalized spacial score (nSPS) is 29.2. The van der Waals surface area contributed by atoms with Gasteiger partial charge in [0.15, 0.2) is 0 Å². The average molecular weight is 452 g/mol. The van der Waals surface area contributed by atoms with Gasteiger partial charge in [-0.1, -0.05) is 29.2 Å². The number of rotatable bonds is 7. The number of aliphatic hydroxyl groups is 1. The van der Waals surface area contributed by atoms with Crippen LogP contribution in [-0.2, 0) is 20.6 Å². The van der Waals surface area contributed by atoms with Gasteiger partial charge in [0.1, 0.15) is 6.61 Å². The largest absolute Gasteiger partial charge is 0.394 e. The average Bonchev–Trinajstić information content (AvgIpc) is 3.59. The molecule has 5 rings (SSSR count). The second-order valence-electron chi connectivity index (χ2n) is 9.44. The van der Waals surface area contributed by atoms with Crippen LogP contribution in [0.4, 0.5) is 0 Å². The van der Waals surface area contributed by atoms with Crippen LogP contribution in [-0.4, -0.2) is 64.8 Å². The van der Waals surface area contributed by atoms with E-state index in [-0.39, 0.29) is 37.1 Å². The minimum atomic E-state index is -0.0877. The molecule has 0 spiro atoms. The van der Waals surface area contributed by atoms with Crippen molar-refractivity contribution in [1.29, 1.82) is 0 Å². The van der Waals surface area contributed by atoms with Crippen LogP contribution < -0.4 is 0 Å². The van der Waals surface area contributed by atoms with Gasteiger partial charge in [-0.25, -0.2) is 4.68 Å². The number of hydrogen-bond donors (Lipinski definition) is 1. The van der Waals surface area contributed by atoms with Gasteiger partial charge in [0.2, 0.25) is 0 Å². The fraction of sp³-hybridized carbons (Fsp3) is 0.615. The summed E-state index contributed by atoms with van der Waals surface area (Å²) in [5, 5.41) is 18.5. The third kappa shape index (κ3) is 5.47. The van der Waals surface area contributed by atoms with Gasteiger partial charge in [-0.05, 0) is 56.2 Å². The van der Waals surface area contributed by atoms with Crippen LogP contribution in [0.2, 0.25) is 0 Å². The summed E-state index contributed by atoms with van der Waals surface area (Å²) in [5.74, 6) is 6.68. The van der Waals surface area contributed by atoms with Crippen LogP contribution in [0.1, 0.15) is 67.3 Å². The van der Waals surface area contributed by atoms with Crippen LogP contribution in [0.15, 0.2) is 30.5 Å². The molecule has 2 aliphatic heterocycles. The lowest BCUT2D eigenvalue weighted by Crippen LogP contribution is -2.51. The molecule has 1 N–H and O–H groups in total. The van der Waals surface area contributed by atoms with Crippen molar-refractivity contribution in [3.05, 3.63) is 47.3 Å². The molecule has 1 aliphatic carbocycles. The summed E-state index contributed by atoms with van der Waals surface area (Å²) in [6.07, 6.45) is 9.02. The van der Waals surface area contributed by atoms with Gasteiger partial charge < -0.3 is 19.3 Å². The van der Waals surface area contributed by atoms with E-state index in [1.165, 1.54) is 18.4 Å². The maximum atomic E-state index is 9.57. The second-order valence-corrected chi connectivity index (χ2v) is 9.44. The van der Waals surface area contributed by atoms with E-state index in [1.54, 1.807) is 7.11 Å². The first-order chi connectivity index (χ1) is 16.2. The van der Waals surface area contributed by atoms with Crippen molar-refractivity contribution in [2.45, 2.75) is 81.3 Å². The van der Waals surface area contributed by atoms with E-state index < -0.39 is 0 Å². The van der Waals surface area contributed by atoms with Crippen molar-refractivity contribution in [2.75, 3.05) is 20.3 Å². The summed E-state index contributed by atoms with van der Waals surface area (Å²) in [4.78, 5) is 0. The van der Waals surface area contributed by atoms with E-state index in [1.807, 2.05) is 4.68 Å². The third-order valence-corrected chi connectivity index (χ3v) is 7.00. The Hall–Kier alpha value is -2.24. The Morgan fingerprint density at radius 2 is 1.97 bits per heavy atom. The summed E-state index contributed by atoms with van der Waals surface area (Å²) < 4.78 is 19.8. The molecule has 2 aromatic rings. The van der Waals surface area contributed by atoms with Gasteiger partial charge in [-0.15, -0.1) is 5.10 Å². The predicted molar refractivity (Wildman–Crippen MR) is 123 cm³/mol. The zero-order valence-electron chi connectivity index (χ0n) is 19.2. The Kier molecular flexibility index (Phi) is 7.07. The number of aromatic nitrogens is 3. The van der Waals surface area contributed by atoms with Crippen LogP contribution in [0.5, 0.6) is 0 Å². The lowest BCUT2D eigenvalue weighted by atomic mass is 9.88. The number of hydrogen-bond acceptors (Lipinski definition) is 6. The number of fused-ring (bicyclic) bond motifs is 1. The third-order valence-electron chi connectivity index (χ3n) is 7.00. The molecule has 3 aliphatic rings. The number of aryl methyl sites for hydroxylation is 1. The zero-order valence-corrected chi connectivity index (χ0v) is 19.2. The van der Waals surface area contributed by atoms with Gasteiger partial charge in [0, 0.05) is 31.2 Å². The molecule has 176 valence electrons. The number of aliphatic hydroxyl groups excluding tert-OH is 1. The monoisotopic (exact) mass is 451 g/mol. The summed E-state index contributed by atoms with van der Waals surface area (Å²) >= 11 is 0. The van der Waals surface area contributed by atoms with Crippen molar-refractivity contribution in [3.8, 4) is 11.8 Å². The maximum Gasteiger partial charge on any atom is 0.107 e. The minimum Gasteiger partial charge on any atom is -0.394 e. The molecule has 0 unspecified atom stereocenters. The molecule has 1 aromatic carbocycles. The molecule has 7 nitrogen and oxygen atoms in total. The number of nitrogens with zero attached hydrogens (tertiary/aromatic N) is 3. The van der Waals surface area contributed by atoms with E-state index in [2.05, 4.69) is 52.6 Å². The number of methoxy groups -OCH3 is 1. The lowest BCUT2D eigenvalue weighted by molar-refractivity contribution is -0.209. The van der Waals surface area contributed by atoms with E-state index in [4.69, 9.17) is 14.2 Å². The molecule has 2 saturated heterocycles. The van der Waals surface area contributed by atoms with Crippen LogP contribution >= 0.6 is 0 Å². The minimum absolute atomic E-state index is 0.00400.